The average molecular weight is 232 g/mol. The summed E-state index contributed by atoms with van der Waals surface area (Å²) in [6, 6.07) is 20.4. The molecule has 0 spiro atoms. The van der Waals surface area contributed by atoms with E-state index in [1.807, 2.05) is 42.5 Å². The van der Waals surface area contributed by atoms with Gasteiger partial charge in [-0.25, -0.2) is 0 Å². The van der Waals surface area contributed by atoms with Crippen LogP contribution in [0.4, 0.5) is 0 Å². The summed E-state index contributed by atoms with van der Waals surface area (Å²) in [7, 11) is 0. The van der Waals surface area contributed by atoms with Crippen molar-refractivity contribution in [1.29, 1.82) is 0 Å². The maximum absolute atomic E-state index is 4.11. The van der Waals surface area contributed by atoms with Crippen LogP contribution in [0.5, 0.6) is 0 Å². The predicted octanol–water partition coefficient (Wildman–Crippen LogP) is 4.97. The first kappa shape index (κ1) is 12.1. The van der Waals surface area contributed by atoms with Crippen LogP contribution in [0, 0.1) is 0 Å². The third kappa shape index (κ3) is 2.86. The zero-order valence-corrected chi connectivity index (χ0v) is 10.3. The highest BCUT2D eigenvalue weighted by Crippen LogP contribution is 2.21. The molecule has 0 saturated heterocycles. The number of allylic oxidation sites excluding steroid dienone is 4. The van der Waals surface area contributed by atoms with E-state index in [0.29, 0.717) is 0 Å². The van der Waals surface area contributed by atoms with Gasteiger partial charge in [0.15, 0.2) is 0 Å². The third-order valence-corrected chi connectivity index (χ3v) is 2.80. The highest BCUT2D eigenvalue weighted by atomic mass is 14.0. The molecule has 2 rings (SSSR count). The van der Waals surface area contributed by atoms with Crippen LogP contribution < -0.4 is 0 Å². The van der Waals surface area contributed by atoms with E-state index in [0.717, 1.165) is 22.3 Å². The Labute approximate surface area is 109 Å². The molecule has 0 heterocycles. The van der Waals surface area contributed by atoms with Crippen molar-refractivity contribution in [2.75, 3.05) is 0 Å². The molecule has 0 aromatic heterocycles. The molecule has 0 N–H and O–H groups in total. The van der Waals surface area contributed by atoms with Gasteiger partial charge < -0.3 is 0 Å². The lowest BCUT2D eigenvalue weighted by molar-refractivity contribution is 1.60. The van der Waals surface area contributed by atoms with Crippen LogP contribution in [0.2, 0.25) is 0 Å². The maximum Gasteiger partial charge on any atom is -0.0184 e. The van der Waals surface area contributed by atoms with E-state index < -0.39 is 0 Å². The smallest absolute Gasteiger partial charge is 0.0184 e. The van der Waals surface area contributed by atoms with Gasteiger partial charge in [-0.15, -0.1) is 0 Å². The van der Waals surface area contributed by atoms with Crippen molar-refractivity contribution < 1.29 is 0 Å². The molecule has 0 aliphatic carbocycles. The first-order chi connectivity index (χ1) is 8.81. The molecule has 0 nitrogen and oxygen atoms in total. The molecule has 2 aromatic rings. The number of hydrogen-bond donors (Lipinski definition) is 0. The fraction of sp³-hybridized carbons (Fsp3) is 0. The Balaban J connectivity index is 2.32. The summed E-state index contributed by atoms with van der Waals surface area (Å²) in [4.78, 5) is 0. The van der Waals surface area contributed by atoms with Crippen LogP contribution >= 0.6 is 0 Å². The molecular formula is C18H16. The summed E-state index contributed by atoms with van der Waals surface area (Å²) in [6.45, 7) is 7.99. The Kier molecular flexibility index (Phi) is 3.93. The second kappa shape index (κ2) is 5.83. The molecule has 0 saturated carbocycles. The van der Waals surface area contributed by atoms with Crippen LogP contribution in [-0.2, 0) is 0 Å². The van der Waals surface area contributed by atoms with Gasteiger partial charge in [-0.2, -0.15) is 0 Å². The zero-order valence-electron chi connectivity index (χ0n) is 10.3. The van der Waals surface area contributed by atoms with Crippen LogP contribution in [0.1, 0.15) is 11.1 Å². The van der Waals surface area contributed by atoms with Crippen LogP contribution in [0.25, 0.3) is 11.1 Å². The van der Waals surface area contributed by atoms with E-state index in [1.54, 1.807) is 0 Å². The van der Waals surface area contributed by atoms with E-state index in [-0.39, 0.29) is 0 Å². The van der Waals surface area contributed by atoms with Gasteiger partial charge in [0.1, 0.15) is 0 Å². The molecule has 88 valence electrons. The van der Waals surface area contributed by atoms with E-state index in [2.05, 4.69) is 43.5 Å². The van der Waals surface area contributed by atoms with Gasteiger partial charge in [0, 0.05) is 0 Å². The summed E-state index contributed by atoms with van der Waals surface area (Å²) >= 11 is 0. The molecule has 0 bridgehead atoms. The largest absolute Gasteiger partial charge is 0.0984 e. The van der Waals surface area contributed by atoms with Crippen molar-refractivity contribution in [2.24, 2.45) is 0 Å². The minimum atomic E-state index is 0.995. The van der Waals surface area contributed by atoms with Crippen LogP contribution in [0.15, 0.2) is 86.0 Å². The van der Waals surface area contributed by atoms with E-state index in [1.165, 1.54) is 0 Å². The van der Waals surface area contributed by atoms with E-state index >= 15 is 0 Å². The Morgan fingerprint density at radius 2 is 1.28 bits per heavy atom. The minimum absolute atomic E-state index is 0.995. The van der Waals surface area contributed by atoms with Crippen molar-refractivity contribution in [3.05, 3.63) is 97.1 Å². The van der Waals surface area contributed by atoms with Crippen LogP contribution in [-0.4, -0.2) is 0 Å². The van der Waals surface area contributed by atoms with Crippen molar-refractivity contribution >= 4 is 11.1 Å². The van der Waals surface area contributed by atoms with Crippen molar-refractivity contribution in [1.82, 2.24) is 0 Å². The molecule has 0 atom stereocenters. The summed E-state index contributed by atoms with van der Waals surface area (Å²) in [5.74, 6) is 0. The summed E-state index contributed by atoms with van der Waals surface area (Å²) < 4.78 is 0. The third-order valence-electron chi connectivity index (χ3n) is 2.80. The minimum Gasteiger partial charge on any atom is -0.0984 e. The molecule has 2 aromatic carbocycles. The highest BCUT2D eigenvalue weighted by Gasteiger charge is 1.99. The fourth-order valence-corrected chi connectivity index (χ4v) is 1.81. The van der Waals surface area contributed by atoms with Crippen molar-refractivity contribution in [3.8, 4) is 0 Å². The van der Waals surface area contributed by atoms with E-state index in [4.69, 9.17) is 0 Å². The highest BCUT2D eigenvalue weighted by molar-refractivity contribution is 5.86. The Morgan fingerprint density at radius 3 is 1.78 bits per heavy atom. The fourth-order valence-electron chi connectivity index (χ4n) is 1.81. The second-order valence-electron chi connectivity index (χ2n) is 4.06. The molecule has 0 aliphatic rings. The second-order valence-corrected chi connectivity index (χ2v) is 4.06. The number of benzene rings is 2. The molecule has 0 heteroatoms. The monoisotopic (exact) mass is 232 g/mol. The molecule has 0 fully saturated rings. The SMILES string of the molecule is C=C/C(=C\C(=C)c1ccccc1)c1ccccc1. The van der Waals surface area contributed by atoms with Crippen molar-refractivity contribution in [3.63, 3.8) is 0 Å². The van der Waals surface area contributed by atoms with Gasteiger partial charge in [0.2, 0.25) is 0 Å². The van der Waals surface area contributed by atoms with Gasteiger partial charge in [-0.3, -0.25) is 0 Å². The maximum atomic E-state index is 4.11. The Hall–Kier alpha value is -2.34. The Bertz CT molecular complexity index is 560. The van der Waals surface area contributed by atoms with Crippen LogP contribution in [0.3, 0.4) is 0 Å². The molecule has 0 aliphatic heterocycles. The normalized spacial score (nSPS) is 11.0. The van der Waals surface area contributed by atoms with E-state index in [9.17, 15) is 0 Å². The summed E-state index contributed by atoms with van der Waals surface area (Å²) in [6.07, 6.45) is 3.93. The lowest BCUT2D eigenvalue weighted by Crippen LogP contribution is -1.83. The first-order valence-electron chi connectivity index (χ1n) is 5.95. The summed E-state index contributed by atoms with van der Waals surface area (Å²) in [5, 5.41) is 0. The molecule has 0 unspecified atom stereocenters. The predicted molar refractivity (Wildman–Crippen MR) is 80.1 cm³/mol. The lowest BCUT2D eigenvalue weighted by atomic mass is 10.00. The summed E-state index contributed by atoms with van der Waals surface area (Å²) in [5.41, 5.74) is 4.37. The Morgan fingerprint density at radius 1 is 0.778 bits per heavy atom. The topological polar surface area (TPSA) is 0 Å². The molecule has 0 amide bonds. The molecular weight excluding hydrogens is 216 g/mol. The molecule has 18 heavy (non-hydrogen) atoms. The number of hydrogen-bond acceptors (Lipinski definition) is 0. The first-order valence-corrected chi connectivity index (χ1v) is 5.95. The van der Waals surface area contributed by atoms with Gasteiger partial charge in [0.25, 0.3) is 0 Å². The van der Waals surface area contributed by atoms with Gasteiger partial charge in [-0.1, -0.05) is 79.9 Å². The standard InChI is InChI=1S/C18H16/c1-3-16(18-12-8-5-9-13-18)14-15(2)17-10-6-4-7-11-17/h3-14H,1-2H2/b16-14+. The quantitative estimate of drug-likeness (QED) is 0.653. The zero-order chi connectivity index (χ0) is 12.8. The van der Waals surface area contributed by atoms with Crippen molar-refractivity contribution in [2.45, 2.75) is 0 Å². The van der Waals surface area contributed by atoms with Gasteiger partial charge >= 0.3 is 0 Å². The van der Waals surface area contributed by atoms with Gasteiger partial charge in [-0.05, 0) is 28.3 Å². The molecule has 0 radical (unpaired) electrons. The van der Waals surface area contributed by atoms with Gasteiger partial charge in [0.05, 0.1) is 0 Å². The lowest BCUT2D eigenvalue weighted by Gasteiger charge is -2.05. The average Bonchev–Trinajstić information content (AvgIpc) is 2.46. The number of rotatable bonds is 4.